The first-order valence-corrected chi connectivity index (χ1v) is 7.77. The van der Waals surface area contributed by atoms with Crippen LogP contribution in [0, 0.1) is 5.92 Å². The van der Waals surface area contributed by atoms with Crippen LogP contribution in [0.15, 0.2) is 0 Å². The van der Waals surface area contributed by atoms with Gasteiger partial charge in [-0.15, -0.1) is 0 Å². The SMILES string of the molecule is CCCOc1nc(NCC)nc(NCC2CCCC2O)n1. The molecule has 0 spiro atoms. The minimum atomic E-state index is -0.219. The Bertz CT molecular complexity index is 443. The van der Waals surface area contributed by atoms with Gasteiger partial charge >= 0.3 is 6.01 Å². The third-order valence-corrected chi connectivity index (χ3v) is 3.53. The van der Waals surface area contributed by atoms with Gasteiger partial charge in [-0.2, -0.15) is 15.0 Å². The van der Waals surface area contributed by atoms with Gasteiger partial charge < -0.3 is 20.5 Å². The Labute approximate surface area is 125 Å². The van der Waals surface area contributed by atoms with Gasteiger partial charge in [0.05, 0.1) is 12.7 Å². The Morgan fingerprint density at radius 3 is 2.52 bits per heavy atom. The lowest BCUT2D eigenvalue weighted by molar-refractivity contribution is 0.138. The van der Waals surface area contributed by atoms with Crippen LogP contribution in [0.4, 0.5) is 11.9 Å². The fourth-order valence-electron chi connectivity index (χ4n) is 2.41. The standard InChI is InChI=1S/C14H25N5O2/c1-3-8-21-14-18-12(15-4-2)17-13(19-14)16-9-10-6-5-7-11(10)20/h10-11,20H,3-9H2,1-2H3,(H2,15,16,17,18,19). The van der Waals surface area contributed by atoms with Gasteiger partial charge in [0.25, 0.3) is 0 Å². The van der Waals surface area contributed by atoms with Crippen molar-refractivity contribution < 1.29 is 9.84 Å². The average molecular weight is 295 g/mol. The quantitative estimate of drug-likeness (QED) is 0.671. The molecule has 0 bridgehead atoms. The maximum absolute atomic E-state index is 9.85. The van der Waals surface area contributed by atoms with Gasteiger partial charge in [0.15, 0.2) is 0 Å². The predicted octanol–water partition coefficient (Wildman–Crippen LogP) is 1.67. The number of aliphatic hydroxyl groups excluding tert-OH is 1. The van der Waals surface area contributed by atoms with E-state index in [0.717, 1.165) is 32.2 Å². The van der Waals surface area contributed by atoms with Crippen molar-refractivity contribution in [3.8, 4) is 6.01 Å². The number of anilines is 2. The summed E-state index contributed by atoms with van der Waals surface area (Å²) in [6.07, 6.45) is 3.69. The normalized spacial score (nSPS) is 21.3. The molecule has 0 saturated heterocycles. The molecule has 1 fully saturated rings. The molecule has 0 aliphatic heterocycles. The molecule has 7 nitrogen and oxygen atoms in total. The topological polar surface area (TPSA) is 92.2 Å². The molecule has 1 aromatic rings. The smallest absolute Gasteiger partial charge is 0.323 e. The fraction of sp³-hybridized carbons (Fsp3) is 0.786. The van der Waals surface area contributed by atoms with Crippen LogP contribution >= 0.6 is 0 Å². The second kappa shape index (κ2) is 7.97. The molecule has 2 rings (SSSR count). The molecule has 2 atom stereocenters. The molecular weight excluding hydrogens is 270 g/mol. The second-order valence-corrected chi connectivity index (χ2v) is 5.28. The molecule has 2 unspecified atom stereocenters. The Morgan fingerprint density at radius 1 is 1.14 bits per heavy atom. The van der Waals surface area contributed by atoms with E-state index in [-0.39, 0.29) is 12.0 Å². The maximum Gasteiger partial charge on any atom is 0.323 e. The number of hydrogen-bond acceptors (Lipinski definition) is 7. The number of ether oxygens (including phenoxy) is 1. The number of aromatic nitrogens is 3. The molecular formula is C14H25N5O2. The van der Waals surface area contributed by atoms with Gasteiger partial charge in [-0.1, -0.05) is 13.3 Å². The van der Waals surface area contributed by atoms with E-state index in [1.54, 1.807) is 0 Å². The van der Waals surface area contributed by atoms with Crippen molar-refractivity contribution in [2.24, 2.45) is 5.92 Å². The molecule has 21 heavy (non-hydrogen) atoms. The van der Waals surface area contributed by atoms with Crippen molar-refractivity contribution in [2.75, 3.05) is 30.3 Å². The average Bonchev–Trinajstić information content (AvgIpc) is 2.88. The number of hydrogen-bond donors (Lipinski definition) is 3. The molecule has 3 N–H and O–H groups in total. The van der Waals surface area contributed by atoms with Crippen molar-refractivity contribution in [2.45, 2.75) is 45.6 Å². The molecule has 0 aromatic carbocycles. The van der Waals surface area contributed by atoms with Crippen molar-refractivity contribution >= 4 is 11.9 Å². The molecule has 7 heteroatoms. The monoisotopic (exact) mass is 295 g/mol. The summed E-state index contributed by atoms with van der Waals surface area (Å²) < 4.78 is 5.48. The summed E-state index contributed by atoms with van der Waals surface area (Å²) in [7, 11) is 0. The summed E-state index contributed by atoms with van der Waals surface area (Å²) >= 11 is 0. The van der Waals surface area contributed by atoms with Gasteiger partial charge in [-0.25, -0.2) is 0 Å². The zero-order valence-corrected chi connectivity index (χ0v) is 12.8. The summed E-state index contributed by atoms with van der Waals surface area (Å²) in [5, 5.41) is 16.1. The van der Waals surface area contributed by atoms with E-state index in [1.807, 2.05) is 13.8 Å². The van der Waals surface area contributed by atoms with Crippen LogP contribution in [0.25, 0.3) is 0 Å². The first-order chi connectivity index (χ1) is 10.2. The van der Waals surface area contributed by atoms with Crippen LogP contribution in [-0.4, -0.2) is 45.9 Å². The van der Waals surface area contributed by atoms with Crippen LogP contribution < -0.4 is 15.4 Å². The van der Waals surface area contributed by atoms with E-state index >= 15 is 0 Å². The van der Waals surface area contributed by atoms with Crippen molar-refractivity contribution in [3.63, 3.8) is 0 Å². The van der Waals surface area contributed by atoms with E-state index in [0.29, 0.717) is 31.1 Å². The maximum atomic E-state index is 9.85. The highest BCUT2D eigenvalue weighted by molar-refractivity contribution is 5.35. The van der Waals surface area contributed by atoms with Crippen LogP contribution in [0.5, 0.6) is 6.01 Å². The third-order valence-electron chi connectivity index (χ3n) is 3.53. The zero-order valence-electron chi connectivity index (χ0n) is 12.8. The van der Waals surface area contributed by atoms with Gasteiger partial charge in [0.1, 0.15) is 0 Å². The van der Waals surface area contributed by atoms with E-state index in [9.17, 15) is 5.11 Å². The largest absolute Gasteiger partial charge is 0.463 e. The highest BCUT2D eigenvalue weighted by Crippen LogP contribution is 2.25. The second-order valence-electron chi connectivity index (χ2n) is 5.28. The van der Waals surface area contributed by atoms with Crippen LogP contribution in [-0.2, 0) is 0 Å². The number of nitrogens with zero attached hydrogens (tertiary/aromatic N) is 3. The van der Waals surface area contributed by atoms with E-state index in [4.69, 9.17) is 4.74 Å². The molecule has 1 heterocycles. The fourth-order valence-corrected chi connectivity index (χ4v) is 2.41. The lowest BCUT2D eigenvalue weighted by Crippen LogP contribution is -2.23. The first-order valence-electron chi connectivity index (χ1n) is 7.77. The van der Waals surface area contributed by atoms with Gasteiger partial charge in [0, 0.05) is 19.0 Å². The van der Waals surface area contributed by atoms with Crippen LogP contribution in [0.3, 0.4) is 0 Å². The highest BCUT2D eigenvalue weighted by Gasteiger charge is 2.25. The number of rotatable bonds is 8. The molecule has 0 radical (unpaired) electrons. The lowest BCUT2D eigenvalue weighted by atomic mass is 10.1. The minimum absolute atomic E-state index is 0.219. The third kappa shape index (κ3) is 4.70. The van der Waals surface area contributed by atoms with Crippen molar-refractivity contribution in [1.82, 2.24) is 15.0 Å². The zero-order chi connectivity index (χ0) is 15.1. The minimum Gasteiger partial charge on any atom is -0.463 e. The van der Waals surface area contributed by atoms with E-state index < -0.39 is 0 Å². The number of nitrogens with one attached hydrogen (secondary N) is 2. The van der Waals surface area contributed by atoms with Gasteiger partial charge in [-0.05, 0) is 26.2 Å². The summed E-state index contributed by atoms with van der Waals surface area (Å²) in [5.74, 6) is 1.27. The molecule has 118 valence electrons. The van der Waals surface area contributed by atoms with Gasteiger partial charge in [-0.3, -0.25) is 0 Å². The Morgan fingerprint density at radius 2 is 1.90 bits per heavy atom. The van der Waals surface area contributed by atoms with Crippen LogP contribution in [0.1, 0.15) is 39.5 Å². The van der Waals surface area contributed by atoms with Crippen LogP contribution in [0.2, 0.25) is 0 Å². The van der Waals surface area contributed by atoms with Crippen molar-refractivity contribution in [1.29, 1.82) is 0 Å². The summed E-state index contributed by atoms with van der Waals surface area (Å²) in [4.78, 5) is 12.8. The molecule has 1 aromatic heterocycles. The number of aliphatic hydroxyl groups is 1. The predicted molar refractivity (Wildman–Crippen MR) is 81.6 cm³/mol. The molecule has 0 amide bonds. The Kier molecular flexibility index (Phi) is 5.98. The highest BCUT2D eigenvalue weighted by atomic mass is 16.5. The van der Waals surface area contributed by atoms with E-state index in [2.05, 4.69) is 25.6 Å². The van der Waals surface area contributed by atoms with Gasteiger partial charge in [0.2, 0.25) is 11.9 Å². The molecule has 1 aliphatic rings. The first kappa shape index (κ1) is 15.8. The summed E-state index contributed by atoms with van der Waals surface area (Å²) in [5.41, 5.74) is 0. The van der Waals surface area contributed by atoms with Crippen molar-refractivity contribution in [3.05, 3.63) is 0 Å². The lowest BCUT2D eigenvalue weighted by Gasteiger charge is -2.15. The molecule has 1 aliphatic carbocycles. The summed E-state index contributed by atoms with van der Waals surface area (Å²) in [6.45, 7) is 6.00. The molecule has 1 saturated carbocycles. The Balaban J connectivity index is 2.00. The Hall–Kier alpha value is -1.63. The van der Waals surface area contributed by atoms with E-state index in [1.165, 1.54) is 0 Å². The summed E-state index contributed by atoms with van der Waals surface area (Å²) in [6, 6.07) is 0.331.